The quantitative estimate of drug-likeness (QED) is 0.715. The first kappa shape index (κ1) is 12.7. The topological polar surface area (TPSA) is 67.1 Å². The van der Waals surface area contributed by atoms with E-state index in [-0.39, 0.29) is 11.3 Å². The highest BCUT2D eigenvalue weighted by Crippen LogP contribution is 2.28. The van der Waals surface area contributed by atoms with Crippen LogP contribution in [0, 0.1) is 5.41 Å². The summed E-state index contributed by atoms with van der Waals surface area (Å²) in [6.07, 6.45) is 1.10. The van der Waals surface area contributed by atoms with Crippen LogP contribution in [-0.4, -0.2) is 12.5 Å². The van der Waals surface area contributed by atoms with Gasteiger partial charge in [-0.05, 0) is 29.5 Å². The molecule has 2 rings (SSSR count). The molecule has 1 aromatic rings. The smallest absolute Gasteiger partial charge is 0.251 e. The van der Waals surface area contributed by atoms with E-state index in [0.29, 0.717) is 17.8 Å². The van der Waals surface area contributed by atoms with E-state index in [4.69, 9.17) is 5.73 Å². The zero-order chi connectivity index (χ0) is 13.3. The summed E-state index contributed by atoms with van der Waals surface area (Å²) >= 11 is 0. The van der Waals surface area contributed by atoms with Crippen molar-refractivity contribution in [1.82, 2.24) is 5.32 Å². The van der Waals surface area contributed by atoms with Crippen molar-refractivity contribution < 1.29 is 4.79 Å². The molecule has 18 heavy (non-hydrogen) atoms. The van der Waals surface area contributed by atoms with Gasteiger partial charge < -0.3 is 16.4 Å². The average Bonchev–Trinajstić information content (AvgIpc) is 2.68. The van der Waals surface area contributed by atoms with Crippen molar-refractivity contribution in [3.63, 3.8) is 0 Å². The lowest BCUT2D eigenvalue weighted by Crippen LogP contribution is -2.22. The number of hydrogen-bond acceptors (Lipinski definition) is 3. The molecule has 4 N–H and O–H groups in total. The minimum Gasteiger partial charge on any atom is -0.397 e. The molecule has 1 aliphatic heterocycles. The van der Waals surface area contributed by atoms with Crippen molar-refractivity contribution in [2.45, 2.75) is 33.7 Å². The predicted molar refractivity (Wildman–Crippen MR) is 74.6 cm³/mol. The molecule has 98 valence electrons. The van der Waals surface area contributed by atoms with Crippen molar-refractivity contribution >= 4 is 17.3 Å². The van der Waals surface area contributed by atoms with Gasteiger partial charge >= 0.3 is 0 Å². The lowest BCUT2D eigenvalue weighted by molar-refractivity contribution is 0.0966. The molecule has 0 unspecified atom stereocenters. The standard InChI is InChI=1S/C14H21N3O/c1-4-14(2,3)8-17-12-5-9-7-16-13(18)10(9)6-11(12)15/h5-6,17H,4,7-8,15H2,1-3H3,(H,16,18). The third-order valence-electron chi connectivity index (χ3n) is 3.67. The Balaban J connectivity index is 2.18. The summed E-state index contributed by atoms with van der Waals surface area (Å²) < 4.78 is 0. The highest BCUT2D eigenvalue weighted by atomic mass is 16.1. The average molecular weight is 247 g/mol. The first-order valence-corrected chi connectivity index (χ1v) is 6.37. The van der Waals surface area contributed by atoms with Crippen LogP contribution in [0.2, 0.25) is 0 Å². The van der Waals surface area contributed by atoms with Crippen molar-refractivity contribution in [1.29, 1.82) is 0 Å². The Morgan fingerprint density at radius 3 is 2.83 bits per heavy atom. The Bertz CT molecular complexity index is 480. The largest absolute Gasteiger partial charge is 0.397 e. The molecule has 0 atom stereocenters. The minimum atomic E-state index is -0.0304. The Labute approximate surface area is 108 Å². The van der Waals surface area contributed by atoms with Crippen LogP contribution in [0.4, 0.5) is 11.4 Å². The molecule has 0 bridgehead atoms. The maximum absolute atomic E-state index is 11.5. The van der Waals surface area contributed by atoms with E-state index in [9.17, 15) is 4.79 Å². The number of anilines is 2. The lowest BCUT2D eigenvalue weighted by Gasteiger charge is -2.24. The predicted octanol–water partition coefficient (Wildman–Crippen LogP) is 2.36. The number of rotatable bonds is 4. The van der Waals surface area contributed by atoms with Crippen LogP contribution >= 0.6 is 0 Å². The van der Waals surface area contributed by atoms with Crippen molar-refractivity contribution in [3.8, 4) is 0 Å². The molecule has 1 amide bonds. The highest BCUT2D eigenvalue weighted by Gasteiger charge is 2.21. The summed E-state index contributed by atoms with van der Waals surface area (Å²) in [6, 6.07) is 3.74. The molecule has 0 aliphatic carbocycles. The van der Waals surface area contributed by atoms with Gasteiger partial charge in [-0.3, -0.25) is 4.79 Å². The second-order valence-corrected chi connectivity index (χ2v) is 5.65. The van der Waals surface area contributed by atoms with Gasteiger partial charge in [0, 0.05) is 18.7 Å². The maximum atomic E-state index is 11.5. The molecule has 4 nitrogen and oxygen atoms in total. The third kappa shape index (κ3) is 2.42. The first-order chi connectivity index (χ1) is 8.43. The zero-order valence-electron chi connectivity index (χ0n) is 11.3. The van der Waals surface area contributed by atoms with Crippen LogP contribution in [0.5, 0.6) is 0 Å². The molecule has 1 aliphatic rings. The molecule has 4 heteroatoms. The number of amides is 1. The number of nitrogens with one attached hydrogen (secondary N) is 2. The van der Waals surface area contributed by atoms with Gasteiger partial charge in [-0.2, -0.15) is 0 Å². The van der Waals surface area contributed by atoms with E-state index in [0.717, 1.165) is 24.2 Å². The molecular formula is C14H21N3O. The fraction of sp³-hybridized carbons (Fsp3) is 0.500. The van der Waals surface area contributed by atoms with Gasteiger partial charge in [0.15, 0.2) is 0 Å². The van der Waals surface area contributed by atoms with Gasteiger partial charge in [0.1, 0.15) is 0 Å². The van der Waals surface area contributed by atoms with E-state index < -0.39 is 0 Å². The summed E-state index contributed by atoms with van der Waals surface area (Å²) in [5.41, 5.74) is 9.50. The molecule has 0 radical (unpaired) electrons. The molecule has 0 aromatic heterocycles. The number of hydrogen-bond donors (Lipinski definition) is 3. The van der Waals surface area contributed by atoms with Crippen LogP contribution in [0.1, 0.15) is 43.1 Å². The lowest BCUT2D eigenvalue weighted by atomic mass is 9.90. The monoisotopic (exact) mass is 247 g/mol. The van der Waals surface area contributed by atoms with Crippen molar-refractivity contribution in [3.05, 3.63) is 23.3 Å². The molecule has 0 saturated carbocycles. The summed E-state index contributed by atoms with van der Waals surface area (Å²) in [7, 11) is 0. The van der Waals surface area contributed by atoms with Crippen LogP contribution < -0.4 is 16.4 Å². The normalized spacial score (nSPS) is 14.3. The van der Waals surface area contributed by atoms with E-state index >= 15 is 0 Å². The Hall–Kier alpha value is -1.71. The number of fused-ring (bicyclic) bond motifs is 1. The second-order valence-electron chi connectivity index (χ2n) is 5.65. The summed E-state index contributed by atoms with van der Waals surface area (Å²) in [4.78, 5) is 11.5. The highest BCUT2D eigenvalue weighted by molar-refractivity contribution is 6.00. The molecular weight excluding hydrogens is 226 g/mol. The number of nitrogens with two attached hydrogens (primary N) is 1. The van der Waals surface area contributed by atoms with E-state index in [1.807, 2.05) is 6.07 Å². The Kier molecular flexibility index (Phi) is 3.20. The fourth-order valence-corrected chi connectivity index (χ4v) is 1.90. The Morgan fingerprint density at radius 2 is 2.17 bits per heavy atom. The van der Waals surface area contributed by atoms with Gasteiger partial charge in [-0.25, -0.2) is 0 Å². The summed E-state index contributed by atoms with van der Waals surface area (Å²) in [5, 5.41) is 6.19. The molecule has 1 aromatic carbocycles. The summed E-state index contributed by atoms with van der Waals surface area (Å²) in [5.74, 6) is -0.0304. The minimum absolute atomic E-state index is 0.0304. The molecule has 0 fully saturated rings. The number of carbonyl (C=O) groups excluding carboxylic acids is 1. The van der Waals surface area contributed by atoms with Gasteiger partial charge in [-0.1, -0.05) is 20.8 Å². The van der Waals surface area contributed by atoms with Gasteiger partial charge in [0.25, 0.3) is 5.91 Å². The maximum Gasteiger partial charge on any atom is 0.251 e. The molecule has 0 spiro atoms. The van der Waals surface area contributed by atoms with Gasteiger partial charge in [0.2, 0.25) is 0 Å². The number of benzene rings is 1. The zero-order valence-corrected chi connectivity index (χ0v) is 11.3. The fourth-order valence-electron chi connectivity index (χ4n) is 1.90. The van der Waals surface area contributed by atoms with Crippen molar-refractivity contribution in [2.24, 2.45) is 5.41 Å². The van der Waals surface area contributed by atoms with Gasteiger partial charge in [0.05, 0.1) is 11.4 Å². The molecule has 1 heterocycles. The van der Waals surface area contributed by atoms with Crippen LogP contribution in [0.3, 0.4) is 0 Å². The Morgan fingerprint density at radius 1 is 1.44 bits per heavy atom. The van der Waals surface area contributed by atoms with E-state index in [1.165, 1.54) is 0 Å². The SMILES string of the molecule is CCC(C)(C)CNc1cc2c(cc1N)C(=O)NC2. The summed E-state index contributed by atoms with van der Waals surface area (Å²) in [6.45, 7) is 8.08. The second kappa shape index (κ2) is 4.52. The van der Waals surface area contributed by atoms with Crippen LogP contribution in [0.25, 0.3) is 0 Å². The van der Waals surface area contributed by atoms with Crippen LogP contribution in [-0.2, 0) is 6.54 Å². The van der Waals surface area contributed by atoms with Gasteiger partial charge in [-0.15, -0.1) is 0 Å². The number of nitrogen functional groups attached to an aromatic ring is 1. The van der Waals surface area contributed by atoms with Crippen molar-refractivity contribution in [2.75, 3.05) is 17.6 Å². The number of carbonyl (C=O) groups is 1. The van der Waals surface area contributed by atoms with E-state index in [1.54, 1.807) is 6.07 Å². The molecule has 0 saturated heterocycles. The van der Waals surface area contributed by atoms with E-state index in [2.05, 4.69) is 31.4 Å². The first-order valence-electron chi connectivity index (χ1n) is 6.37. The third-order valence-corrected chi connectivity index (χ3v) is 3.67. The van der Waals surface area contributed by atoms with Crippen LogP contribution in [0.15, 0.2) is 12.1 Å².